The average molecular weight is 354 g/mol. The molecule has 0 aliphatic carbocycles. The molecule has 0 aromatic heterocycles. The van der Waals surface area contributed by atoms with Gasteiger partial charge in [0.1, 0.15) is 5.37 Å². The zero-order chi connectivity index (χ0) is 17.6. The Morgan fingerprint density at radius 3 is 2.76 bits per heavy atom. The molecular formula is C20H22N2O2S. The maximum atomic E-state index is 12.4. The van der Waals surface area contributed by atoms with Crippen LogP contribution in [-0.2, 0) is 9.59 Å². The summed E-state index contributed by atoms with van der Waals surface area (Å²) in [5.41, 5.74) is 2.71. The third-order valence-corrected chi connectivity index (χ3v) is 5.33. The van der Waals surface area contributed by atoms with Crippen molar-refractivity contribution < 1.29 is 9.59 Å². The molecule has 1 fully saturated rings. The molecule has 0 bridgehead atoms. The highest BCUT2D eigenvalue weighted by Gasteiger charge is 2.34. The average Bonchev–Trinajstić information content (AvgIpc) is 3.02. The first-order chi connectivity index (χ1) is 12.2. The number of para-hydroxylation sites is 1. The molecule has 25 heavy (non-hydrogen) atoms. The normalized spacial score (nSPS) is 16.9. The smallest absolute Gasteiger partial charge is 0.238 e. The van der Waals surface area contributed by atoms with Crippen LogP contribution in [-0.4, -0.2) is 17.6 Å². The van der Waals surface area contributed by atoms with Gasteiger partial charge in [-0.1, -0.05) is 43.7 Å². The molecule has 5 heteroatoms. The molecule has 130 valence electrons. The number of carbonyl (C=O) groups is 2. The highest BCUT2D eigenvalue weighted by Crippen LogP contribution is 2.42. The lowest BCUT2D eigenvalue weighted by atomic mass is 10.1. The molecule has 2 aromatic carbocycles. The van der Waals surface area contributed by atoms with Gasteiger partial charge in [0.15, 0.2) is 0 Å². The summed E-state index contributed by atoms with van der Waals surface area (Å²) in [5.74, 6) is 0.611. The maximum Gasteiger partial charge on any atom is 0.238 e. The molecule has 2 aromatic rings. The topological polar surface area (TPSA) is 49.4 Å². The minimum atomic E-state index is -0.0672. The van der Waals surface area contributed by atoms with Crippen molar-refractivity contribution in [1.82, 2.24) is 0 Å². The summed E-state index contributed by atoms with van der Waals surface area (Å²) < 4.78 is 0. The van der Waals surface area contributed by atoms with E-state index in [-0.39, 0.29) is 17.2 Å². The Hall–Kier alpha value is -2.27. The van der Waals surface area contributed by atoms with Crippen LogP contribution in [0.15, 0.2) is 54.6 Å². The van der Waals surface area contributed by atoms with Crippen LogP contribution in [0.1, 0.15) is 37.1 Å². The molecule has 0 unspecified atom stereocenters. The van der Waals surface area contributed by atoms with Crippen LogP contribution in [0.3, 0.4) is 0 Å². The summed E-state index contributed by atoms with van der Waals surface area (Å²) in [5, 5.41) is 2.89. The lowest BCUT2D eigenvalue weighted by molar-refractivity contribution is -0.116. The van der Waals surface area contributed by atoms with E-state index in [0.717, 1.165) is 29.8 Å². The summed E-state index contributed by atoms with van der Waals surface area (Å²) in [4.78, 5) is 26.2. The Kier molecular flexibility index (Phi) is 5.76. The molecule has 1 heterocycles. The third-order valence-electron chi connectivity index (χ3n) is 4.12. The van der Waals surface area contributed by atoms with Crippen LogP contribution >= 0.6 is 11.8 Å². The molecule has 1 atom stereocenters. The molecule has 1 aliphatic heterocycles. The van der Waals surface area contributed by atoms with E-state index in [1.165, 1.54) is 0 Å². The first-order valence-corrected chi connectivity index (χ1v) is 9.62. The van der Waals surface area contributed by atoms with Crippen molar-refractivity contribution in [3.8, 4) is 0 Å². The van der Waals surface area contributed by atoms with Crippen molar-refractivity contribution in [2.45, 2.75) is 31.6 Å². The Balaban J connectivity index is 1.80. The number of hydrogen-bond acceptors (Lipinski definition) is 3. The minimum Gasteiger partial charge on any atom is -0.326 e. The second-order valence-corrected chi connectivity index (χ2v) is 7.11. The molecule has 3 rings (SSSR count). The van der Waals surface area contributed by atoms with Gasteiger partial charge in [-0.3, -0.25) is 14.5 Å². The van der Waals surface area contributed by atoms with E-state index < -0.39 is 0 Å². The van der Waals surface area contributed by atoms with Gasteiger partial charge in [0.05, 0.1) is 5.75 Å². The first kappa shape index (κ1) is 17.5. The monoisotopic (exact) mass is 354 g/mol. The number of nitrogens with one attached hydrogen (secondary N) is 1. The number of benzene rings is 2. The number of nitrogens with zero attached hydrogens (tertiary/aromatic N) is 1. The van der Waals surface area contributed by atoms with Crippen LogP contribution in [0.25, 0.3) is 0 Å². The number of amides is 2. The van der Waals surface area contributed by atoms with E-state index in [0.29, 0.717) is 12.2 Å². The quantitative estimate of drug-likeness (QED) is 0.825. The molecule has 1 aliphatic rings. The van der Waals surface area contributed by atoms with Gasteiger partial charge in [0.2, 0.25) is 11.8 Å². The molecule has 0 saturated carbocycles. The molecule has 2 amide bonds. The van der Waals surface area contributed by atoms with Crippen LogP contribution in [0.5, 0.6) is 0 Å². The third kappa shape index (κ3) is 4.23. The van der Waals surface area contributed by atoms with E-state index in [2.05, 4.69) is 12.2 Å². The van der Waals surface area contributed by atoms with Crippen LogP contribution in [0, 0.1) is 0 Å². The number of unbranched alkanes of at least 4 members (excludes halogenated alkanes) is 1. The fourth-order valence-corrected chi connectivity index (χ4v) is 4.04. The van der Waals surface area contributed by atoms with Gasteiger partial charge in [0.25, 0.3) is 0 Å². The van der Waals surface area contributed by atoms with Crippen molar-refractivity contribution in [2.24, 2.45) is 0 Å². The second-order valence-electron chi connectivity index (χ2n) is 6.04. The highest BCUT2D eigenvalue weighted by atomic mass is 32.2. The summed E-state index contributed by atoms with van der Waals surface area (Å²) in [6.45, 7) is 2.07. The molecule has 0 radical (unpaired) electrons. The molecule has 1 saturated heterocycles. The summed E-state index contributed by atoms with van der Waals surface area (Å²) in [6.07, 6.45) is 2.42. The van der Waals surface area contributed by atoms with Crippen molar-refractivity contribution in [1.29, 1.82) is 0 Å². The van der Waals surface area contributed by atoms with E-state index >= 15 is 0 Å². The SMILES string of the molecule is CCCCC(=O)Nc1cccc([C@@H]2SCC(=O)N2c2ccccc2)c1. The summed E-state index contributed by atoms with van der Waals surface area (Å²) in [7, 11) is 0. The lowest BCUT2D eigenvalue weighted by Crippen LogP contribution is -2.27. The number of hydrogen-bond donors (Lipinski definition) is 1. The number of carbonyl (C=O) groups excluding carboxylic acids is 2. The van der Waals surface area contributed by atoms with Gasteiger partial charge < -0.3 is 5.32 Å². The summed E-state index contributed by atoms with van der Waals surface area (Å²) in [6, 6.07) is 17.5. The molecular weight excluding hydrogens is 332 g/mol. The van der Waals surface area contributed by atoms with Crippen LogP contribution < -0.4 is 10.2 Å². The largest absolute Gasteiger partial charge is 0.326 e. The van der Waals surface area contributed by atoms with E-state index in [9.17, 15) is 9.59 Å². The Morgan fingerprint density at radius 2 is 2.00 bits per heavy atom. The van der Waals surface area contributed by atoms with Crippen LogP contribution in [0.2, 0.25) is 0 Å². The predicted molar refractivity (Wildman–Crippen MR) is 104 cm³/mol. The van der Waals surface area contributed by atoms with E-state index in [1.807, 2.05) is 59.5 Å². The van der Waals surface area contributed by atoms with Gasteiger partial charge in [-0.2, -0.15) is 0 Å². The lowest BCUT2D eigenvalue weighted by Gasteiger charge is -2.24. The van der Waals surface area contributed by atoms with Gasteiger partial charge in [-0.05, 0) is 36.2 Å². The Morgan fingerprint density at radius 1 is 1.20 bits per heavy atom. The van der Waals surface area contributed by atoms with Crippen molar-refractivity contribution in [3.05, 3.63) is 60.2 Å². The molecule has 0 spiro atoms. The first-order valence-electron chi connectivity index (χ1n) is 8.57. The second kappa shape index (κ2) is 8.21. The number of rotatable bonds is 6. The van der Waals surface area contributed by atoms with Crippen LogP contribution in [0.4, 0.5) is 11.4 Å². The number of thioether (sulfide) groups is 1. The van der Waals surface area contributed by atoms with Crippen molar-refractivity contribution in [2.75, 3.05) is 16.0 Å². The van der Waals surface area contributed by atoms with Crippen molar-refractivity contribution in [3.63, 3.8) is 0 Å². The van der Waals surface area contributed by atoms with E-state index in [1.54, 1.807) is 11.8 Å². The maximum absolute atomic E-state index is 12.4. The van der Waals surface area contributed by atoms with Gasteiger partial charge >= 0.3 is 0 Å². The number of anilines is 2. The van der Waals surface area contributed by atoms with Crippen molar-refractivity contribution >= 4 is 35.0 Å². The van der Waals surface area contributed by atoms with Gasteiger partial charge in [-0.25, -0.2) is 0 Å². The predicted octanol–water partition coefficient (Wildman–Crippen LogP) is 4.59. The standard InChI is InChI=1S/C20H22N2O2S/c1-2-3-12-18(23)21-16-9-7-8-15(13-16)20-22(19(24)14-25-20)17-10-5-4-6-11-17/h4-11,13,20H,2-3,12,14H2,1H3,(H,21,23)/t20-/m0/s1. The fourth-order valence-electron chi connectivity index (χ4n) is 2.87. The Bertz CT molecular complexity index is 748. The molecule has 1 N–H and O–H groups in total. The van der Waals surface area contributed by atoms with Gasteiger partial charge in [0, 0.05) is 17.8 Å². The van der Waals surface area contributed by atoms with E-state index in [4.69, 9.17) is 0 Å². The van der Waals surface area contributed by atoms with Gasteiger partial charge in [-0.15, -0.1) is 11.8 Å². The Labute approximate surface area is 152 Å². The zero-order valence-corrected chi connectivity index (χ0v) is 15.1. The minimum absolute atomic E-state index is 0.0362. The zero-order valence-electron chi connectivity index (χ0n) is 14.3. The summed E-state index contributed by atoms with van der Waals surface area (Å²) >= 11 is 1.61. The highest BCUT2D eigenvalue weighted by molar-refractivity contribution is 8.00. The fraction of sp³-hybridized carbons (Fsp3) is 0.300. The molecule has 4 nitrogen and oxygen atoms in total.